The molecule has 5 heteroatoms. The van der Waals surface area contributed by atoms with E-state index in [4.69, 9.17) is 23.2 Å². The smallest absolute Gasteiger partial charge is 0.0847 e. The van der Waals surface area contributed by atoms with Crippen LogP contribution in [-0.4, -0.2) is 23.6 Å². The normalized spacial score (nSPS) is 12.6. The molecule has 1 atom stereocenters. The minimum absolute atomic E-state index is 0.224. The van der Waals surface area contributed by atoms with E-state index in [1.807, 2.05) is 12.1 Å². The standard InChI is InChI=1S/C9H10BrCl2NO/c10-8-3-6(1-2-9(8)12)13-5-7(14)4-11/h1-3,7,13-14H,4-5H2. The maximum Gasteiger partial charge on any atom is 0.0847 e. The topological polar surface area (TPSA) is 32.3 Å². The van der Waals surface area contributed by atoms with Gasteiger partial charge in [-0.25, -0.2) is 0 Å². The summed E-state index contributed by atoms with van der Waals surface area (Å²) >= 11 is 14.6. The molecule has 0 radical (unpaired) electrons. The predicted molar refractivity (Wildman–Crippen MR) is 64.4 cm³/mol. The molecule has 0 fully saturated rings. The highest BCUT2D eigenvalue weighted by atomic mass is 79.9. The van der Waals surface area contributed by atoms with Crippen LogP contribution in [0.15, 0.2) is 22.7 Å². The van der Waals surface area contributed by atoms with Crippen molar-refractivity contribution >= 4 is 44.8 Å². The van der Waals surface area contributed by atoms with Crippen LogP contribution in [0.1, 0.15) is 0 Å². The number of hydrogen-bond acceptors (Lipinski definition) is 2. The molecule has 0 bridgehead atoms. The third kappa shape index (κ3) is 3.65. The summed E-state index contributed by atoms with van der Waals surface area (Å²) in [7, 11) is 0. The van der Waals surface area contributed by atoms with Gasteiger partial charge in [-0.2, -0.15) is 0 Å². The van der Waals surface area contributed by atoms with Crippen LogP contribution in [0, 0.1) is 0 Å². The highest BCUT2D eigenvalue weighted by molar-refractivity contribution is 9.10. The average molecular weight is 299 g/mol. The number of anilines is 1. The lowest BCUT2D eigenvalue weighted by molar-refractivity contribution is 0.211. The minimum Gasteiger partial charge on any atom is -0.390 e. The van der Waals surface area contributed by atoms with E-state index >= 15 is 0 Å². The van der Waals surface area contributed by atoms with Gasteiger partial charge in [0, 0.05) is 16.7 Å². The summed E-state index contributed by atoms with van der Waals surface area (Å²) in [4.78, 5) is 0. The SMILES string of the molecule is OC(CCl)CNc1ccc(Cl)c(Br)c1. The second-order valence-electron chi connectivity index (χ2n) is 2.82. The number of aliphatic hydroxyl groups excluding tert-OH is 1. The van der Waals surface area contributed by atoms with Gasteiger partial charge in [0.1, 0.15) is 0 Å². The van der Waals surface area contributed by atoms with Crippen molar-refractivity contribution in [1.29, 1.82) is 0 Å². The Bertz CT molecular complexity index is 309. The van der Waals surface area contributed by atoms with Crippen molar-refractivity contribution in [2.45, 2.75) is 6.10 Å². The number of aliphatic hydroxyl groups is 1. The molecule has 78 valence electrons. The summed E-state index contributed by atoms with van der Waals surface area (Å²) in [6.07, 6.45) is -0.536. The number of benzene rings is 1. The van der Waals surface area contributed by atoms with Crippen LogP contribution in [0.2, 0.25) is 5.02 Å². The fourth-order valence-electron chi connectivity index (χ4n) is 0.896. The first-order valence-corrected chi connectivity index (χ1v) is 5.77. The summed E-state index contributed by atoms with van der Waals surface area (Å²) in [6, 6.07) is 5.47. The Morgan fingerprint density at radius 2 is 2.21 bits per heavy atom. The fourth-order valence-corrected chi connectivity index (χ4v) is 1.50. The van der Waals surface area contributed by atoms with Gasteiger partial charge in [-0.15, -0.1) is 11.6 Å². The van der Waals surface area contributed by atoms with Gasteiger partial charge < -0.3 is 10.4 Å². The third-order valence-electron chi connectivity index (χ3n) is 1.64. The van der Waals surface area contributed by atoms with E-state index in [1.165, 1.54) is 0 Å². The summed E-state index contributed by atoms with van der Waals surface area (Å²) < 4.78 is 0.824. The van der Waals surface area contributed by atoms with Crippen LogP contribution in [0.25, 0.3) is 0 Å². The van der Waals surface area contributed by atoms with Crippen LogP contribution in [0.4, 0.5) is 5.69 Å². The van der Waals surface area contributed by atoms with Gasteiger partial charge in [-0.3, -0.25) is 0 Å². The van der Waals surface area contributed by atoms with Crippen molar-refractivity contribution in [3.05, 3.63) is 27.7 Å². The Balaban J connectivity index is 2.55. The Kier molecular flexibility index (Phi) is 5.02. The molecule has 0 aliphatic carbocycles. The van der Waals surface area contributed by atoms with Crippen molar-refractivity contribution in [3.63, 3.8) is 0 Å². The molecule has 1 unspecified atom stereocenters. The van der Waals surface area contributed by atoms with Crippen molar-refractivity contribution in [2.75, 3.05) is 17.7 Å². The fraction of sp³-hybridized carbons (Fsp3) is 0.333. The van der Waals surface area contributed by atoms with E-state index in [0.29, 0.717) is 11.6 Å². The lowest BCUT2D eigenvalue weighted by Crippen LogP contribution is -2.20. The first-order chi connectivity index (χ1) is 6.63. The Labute approximate surface area is 101 Å². The third-order valence-corrected chi connectivity index (χ3v) is 3.21. The van der Waals surface area contributed by atoms with Crippen molar-refractivity contribution in [1.82, 2.24) is 0 Å². The Hall–Kier alpha value is 0.0400. The molecule has 0 amide bonds. The van der Waals surface area contributed by atoms with E-state index < -0.39 is 6.10 Å². The molecule has 14 heavy (non-hydrogen) atoms. The highest BCUT2D eigenvalue weighted by Gasteiger charge is 2.02. The Morgan fingerprint density at radius 3 is 2.79 bits per heavy atom. The Morgan fingerprint density at radius 1 is 1.50 bits per heavy atom. The summed E-state index contributed by atoms with van der Waals surface area (Å²) in [6.45, 7) is 0.428. The molecular weight excluding hydrogens is 289 g/mol. The molecular formula is C9H10BrCl2NO. The van der Waals surface area contributed by atoms with Crippen LogP contribution in [0.3, 0.4) is 0 Å². The van der Waals surface area contributed by atoms with E-state index in [-0.39, 0.29) is 5.88 Å². The molecule has 2 nitrogen and oxygen atoms in total. The molecule has 0 saturated heterocycles. The summed E-state index contributed by atoms with van der Waals surface area (Å²) in [5.74, 6) is 0.224. The zero-order valence-corrected chi connectivity index (χ0v) is 10.4. The lowest BCUT2D eigenvalue weighted by atomic mass is 10.3. The molecule has 1 aromatic rings. The second-order valence-corrected chi connectivity index (χ2v) is 4.39. The molecule has 1 rings (SSSR count). The van der Waals surface area contributed by atoms with Crippen LogP contribution < -0.4 is 5.32 Å². The molecule has 0 saturated carbocycles. The van der Waals surface area contributed by atoms with Gasteiger partial charge in [-0.1, -0.05) is 11.6 Å². The van der Waals surface area contributed by atoms with E-state index in [2.05, 4.69) is 21.2 Å². The second kappa shape index (κ2) is 5.81. The van der Waals surface area contributed by atoms with Gasteiger partial charge in [-0.05, 0) is 34.1 Å². The molecule has 0 spiro atoms. The average Bonchev–Trinajstić information content (AvgIpc) is 2.19. The van der Waals surface area contributed by atoms with E-state index in [0.717, 1.165) is 10.2 Å². The molecule has 0 aromatic heterocycles. The van der Waals surface area contributed by atoms with Gasteiger partial charge in [0.15, 0.2) is 0 Å². The number of halogens is 3. The van der Waals surface area contributed by atoms with Gasteiger partial charge in [0.25, 0.3) is 0 Å². The molecule has 0 aliphatic heterocycles. The van der Waals surface area contributed by atoms with Gasteiger partial charge in [0.05, 0.1) is 17.0 Å². The van der Waals surface area contributed by atoms with Crippen LogP contribution in [-0.2, 0) is 0 Å². The van der Waals surface area contributed by atoms with Crippen LogP contribution >= 0.6 is 39.1 Å². The maximum absolute atomic E-state index is 9.21. The van der Waals surface area contributed by atoms with Crippen molar-refractivity contribution < 1.29 is 5.11 Å². The first kappa shape index (κ1) is 12.1. The largest absolute Gasteiger partial charge is 0.390 e. The van der Waals surface area contributed by atoms with E-state index in [1.54, 1.807) is 6.07 Å². The molecule has 0 heterocycles. The quantitative estimate of drug-likeness (QED) is 0.837. The first-order valence-electron chi connectivity index (χ1n) is 4.06. The number of hydrogen-bond donors (Lipinski definition) is 2. The lowest BCUT2D eigenvalue weighted by Gasteiger charge is -2.10. The number of alkyl halides is 1. The molecule has 0 aliphatic rings. The van der Waals surface area contributed by atoms with Gasteiger partial charge >= 0.3 is 0 Å². The van der Waals surface area contributed by atoms with Crippen LogP contribution in [0.5, 0.6) is 0 Å². The number of nitrogens with one attached hydrogen (secondary N) is 1. The minimum atomic E-state index is -0.536. The van der Waals surface area contributed by atoms with Gasteiger partial charge in [0.2, 0.25) is 0 Å². The summed E-state index contributed by atoms with van der Waals surface area (Å²) in [5, 5.41) is 12.9. The zero-order chi connectivity index (χ0) is 10.6. The highest BCUT2D eigenvalue weighted by Crippen LogP contribution is 2.25. The zero-order valence-electron chi connectivity index (χ0n) is 7.30. The summed E-state index contributed by atoms with van der Waals surface area (Å²) in [5.41, 5.74) is 0.894. The predicted octanol–water partition coefficient (Wildman–Crippen LogP) is 3.11. The maximum atomic E-state index is 9.21. The van der Waals surface area contributed by atoms with Crippen molar-refractivity contribution in [2.24, 2.45) is 0 Å². The molecule has 2 N–H and O–H groups in total. The molecule has 1 aromatic carbocycles. The van der Waals surface area contributed by atoms with Crippen molar-refractivity contribution in [3.8, 4) is 0 Å². The number of rotatable bonds is 4. The monoisotopic (exact) mass is 297 g/mol. The van der Waals surface area contributed by atoms with E-state index in [9.17, 15) is 5.11 Å².